The van der Waals surface area contributed by atoms with E-state index in [4.69, 9.17) is 5.73 Å². The van der Waals surface area contributed by atoms with Crippen molar-refractivity contribution in [3.8, 4) is 0 Å². The Labute approximate surface area is 114 Å². The Hall–Kier alpha value is -1.36. The minimum atomic E-state index is -0.491. The molecule has 1 heterocycles. The average Bonchev–Trinajstić information content (AvgIpc) is 2.70. The molecule has 19 heavy (non-hydrogen) atoms. The Morgan fingerprint density at radius 1 is 1.58 bits per heavy atom. The molecule has 1 aromatic rings. The van der Waals surface area contributed by atoms with E-state index in [1.54, 1.807) is 0 Å². The van der Waals surface area contributed by atoms with E-state index in [2.05, 4.69) is 10.4 Å². The van der Waals surface area contributed by atoms with Crippen LogP contribution in [-0.4, -0.2) is 21.7 Å². The molecule has 2 atom stereocenters. The lowest BCUT2D eigenvalue weighted by atomic mass is 9.86. The van der Waals surface area contributed by atoms with Gasteiger partial charge in [-0.15, -0.1) is 0 Å². The summed E-state index contributed by atoms with van der Waals surface area (Å²) in [6.45, 7) is 5.94. The third-order valence-electron chi connectivity index (χ3n) is 3.91. The number of fused-ring (bicyclic) bond motifs is 1. The number of rotatable bonds is 2. The maximum absolute atomic E-state index is 12.2. The Morgan fingerprint density at radius 2 is 2.26 bits per heavy atom. The van der Waals surface area contributed by atoms with Crippen LogP contribution < -0.4 is 11.1 Å². The number of hydrogen-bond donors (Lipinski definition) is 2. The fraction of sp³-hybridized carbons (Fsp3) is 0.714. The lowest BCUT2D eigenvalue weighted by Crippen LogP contribution is -2.49. The van der Waals surface area contributed by atoms with Crippen molar-refractivity contribution < 1.29 is 4.79 Å². The average molecular weight is 264 g/mol. The van der Waals surface area contributed by atoms with Gasteiger partial charge in [-0.2, -0.15) is 5.10 Å². The SMILES string of the molecule is Cn1ncc2c1CCCC2NC(=O)C(N)C(C)(C)C. The minimum absolute atomic E-state index is 0.0540. The monoisotopic (exact) mass is 264 g/mol. The largest absolute Gasteiger partial charge is 0.348 e. The first-order chi connectivity index (χ1) is 8.80. The quantitative estimate of drug-likeness (QED) is 0.845. The maximum atomic E-state index is 12.2. The minimum Gasteiger partial charge on any atom is -0.348 e. The van der Waals surface area contributed by atoms with Gasteiger partial charge >= 0.3 is 0 Å². The van der Waals surface area contributed by atoms with Gasteiger partial charge in [0.2, 0.25) is 5.91 Å². The summed E-state index contributed by atoms with van der Waals surface area (Å²) in [5.41, 5.74) is 8.14. The van der Waals surface area contributed by atoms with Crippen molar-refractivity contribution in [2.24, 2.45) is 18.2 Å². The molecular weight excluding hydrogens is 240 g/mol. The first kappa shape index (κ1) is 14.1. The predicted molar refractivity (Wildman–Crippen MR) is 74.5 cm³/mol. The van der Waals surface area contributed by atoms with Crippen molar-refractivity contribution >= 4 is 5.91 Å². The first-order valence-electron chi connectivity index (χ1n) is 6.87. The summed E-state index contributed by atoms with van der Waals surface area (Å²) in [7, 11) is 1.95. The number of nitrogens with two attached hydrogens (primary N) is 1. The molecule has 1 amide bonds. The van der Waals surface area contributed by atoms with E-state index in [0.717, 1.165) is 24.8 Å². The molecule has 0 aliphatic heterocycles. The molecule has 0 aromatic carbocycles. The number of nitrogens with zero attached hydrogens (tertiary/aromatic N) is 2. The molecule has 1 aliphatic carbocycles. The van der Waals surface area contributed by atoms with E-state index in [-0.39, 0.29) is 17.4 Å². The van der Waals surface area contributed by atoms with E-state index < -0.39 is 6.04 Å². The normalized spacial score (nSPS) is 20.8. The highest BCUT2D eigenvalue weighted by molar-refractivity contribution is 5.82. The Balaban J connectivity index is 2.11. The van der Waals surface area contributed by atoms with Crippen LogP contribution in [0, 0.1) is 5.41 Å². The summed E-state index contributed by atoms with van der Waals surface area (Å²) >= 11 is 0. The lowest BCUT2D eigenvalue weighted by molar-refractivity contribution is -0.125. The van der Waals surface area contributed by atoms with Crippen molar-refractivity contribution in [1.82, 2.24) is 15.1 Å². The maximum Gasteiger partial charge on any atom is 0.237 e. The van der Waals surface area contributed by atoms with Gasteiger partial charge in [0.25, 0.3) is 0 Å². The second-order valence-corrected chi connectivity index (χ2v) is 6.47. The summed E-state index contributed by atoms with van der Waals surface area (Å²) in [5, 5.41) is 7.36. The standard InChI is InChI=1S/C14H24N4O/c1-14(2,3)12(15)13(19)17-10-6-5-7-11-9(10)8-16-18(11)4/h8,10,12H,5-7,15H2,1-4H3,(H,17,19). The Kier molecular flexibility index (Phi) is 3.67. The van der Waals surface area contributed by atoms with Crippen LogP contribution in [0.3, 0.4) is 0 Å². The molecule has 2 rings (SSSR count). The second kappa shape index (κ2) is 4.96. The Morgan fingerprint density at radius 3 is 2.89 bits per heavy atom. The Bertz CT molecular complexity index is 472. The number of aryl methyl sites for hydroxylation is 1. The van der Waals surface area contributed by atoms with Gasteiger partial charge in [-0.1, -0.05) is 20.8 Å². The van der Waals surface area contributed by atoms with Crippen LogP contribution in [0.15, 0.2) is 6.20 Å². The number of nitrogens with one attached hydrogen (secondary N) is 1. The topological polar surface area (TPSA) is 72.9 Å². The fourth-order valence-electron chi connectivity index (χ4n) is 2.51. The first-order valence-corrected chi connectivity index (χ1v) is 6.87. The zero-order valence-corrected chi connectivity index (χ0v) is 12.2. The molecule has 5 nitrogen and oxygen atoms in total. The number of hydrogen-bond acceptors (Lipinski definition) is 3. The summed E-state index contributed by atoms with van der Waals surface area (Å²) in [4.78, 5) is 12.2. The molecule has 0 spiro atoms. The summed E-state index contributed by atoms with van der Waals surface area (Å²) in [5.74, 6) is -0.0748. The summed E-state index contributed by atoms with van der Waals surface area (Å²) in [6.07, 6.45) is 4.93. The van der Waals surface area contributed by atoms with Crippen LogP contribution in [0.1, 0.15) is 50.9 Å². The van der Waals surface area contributed by atoms with Gasteiger partial charge in [0.1, 0.15) is 0 Å². The molecule has 0 saturated carbocycles. The van der Waals surface area contributed by atoms with Crippen molar-refractivity contribution in [2.45, 2.75) is 52.1 Å². The third-order valence-corrected chi connectivity index (χ3v) is 3.91. The van der Waals surface area contributed by atoms with Gasteiger partial charge in [0.05, 0.1) is 18.3 Å². The van der Waals surface area contributed by atoms with E-state index >= 15 is 0 Å². The molecular formula is C14H24N4O. The fourth-order valence-corrected chi connectivity index (χ4v) is 2.51. The second-order valence-electron chi connectivity index (χ2n) is 6.47. The molecule has 2 unspecified atom stereocenters. The highest BCUT2D eigenvalue weighted by Crippen LogP contribution is 2.29. The van der Waals surface area contributed by atoms with E-state index in [1.165, 1.54) is 5.69 Å². The molecule has 0 radical (unpaired) electrons. The van der Waals surface area contributed by atoms with Crippen LogP contribution in [0.25, 0.3) is 0 Å². The molecule has 1 aliphatic rings. The third kappa shape index (κ3) is 2.81. The van der Waals surface area contributed by atoms with Crippen LogP contribution >= 0.6 is 0 Å². The molecule has 0 fully saturated rings. The molecule has 1 aromatic heterocycles. The highest BCUT2D eigenvalue weighted by atomic mass is 16.2. The van der Waals surface area contributed by atoms with Gasteiger partial charge in [-0.05, 0) is 24.7 Å². The molecule has 5 heteroatoms. The molecule has 3 N–H and O–H groups in total. The van der Waals surface area contributed by atoms with E-state index in [9.17, 15) is 4.79 Å². The van der Waals surface area contributed by atoms with Crippen molar-refractivity contribution in [3.05, 3.63) is 17.5 Å². The number of carbonyl (C=O) groups is 1. The van der Waals surface area contributed by atoms with Crippen molar-refractivity contribution in [1.29, 1.82) is 0 Å². The van der Waals surface area contributed by atoms with Gasteiger partial charge in [-0.3, -0.25) is 9.48 Å². The molecule has 0 saturated heterocycles. The van der Waals surface area contributed by atoms with Crippen LogP contribution in [-0.2, 0) is 18.3 Å². The van der Waals surface area contributed by atoms with Crippen molar-refractivity contribution in [2.75, 3.05) is 0 Å². The van der Waals surface area contributed by atoms with E-state index in [1.807, 2.05) is 38.7 Å². The number of aromatic nitrogens is 2. The van der Waals surface area contributed by atoms with Crippen LogP contribution in [0.2, 0.25) is 0 Å². The van der Waals surface area contributed by atoms with Gasteiger partial charge in [0, 0.05) is 18.3 Å². The summed E-state index contributed by atoms with van der Waals surface area (Å²) < 4.78 is 1.90. The summed E-state index contributed by atoms with van der Waals surface area (Å²) in [6, 6.07) is -0.437. The smallest absolute Gasteiger partial charge is 0.237 e. The molecule has 106 valence electrons. The predicted octanol–water partition coefficient (Wildman–Crippen LogP) is 1.29. The molecule has 0 bridgehead atoms. The van der Waals surface area contributed by atoms with Crippen LogP contribution in [0.4, 0.5) is 0 Å². The number of carbonyl (C=O) groups excluding carboxylic acids is 1. The lowest BCUT2D eigenvalue weighted by Gasteiger charge is -2.30. The van der Waals surface area contributed by atoms with Gasteiger partial charge in [-0.25, -0.2) is 0 Å². The van der Waals surface area contributed by atoms with Crippen LogP contribution in [0.5, 0.6) is 0 Å². The van der Waals surface area contributed by atoms with E-state index in [0.29, 0.717) is 0 Å². The zero-order chi connectivity index (χ0) is 14.2. The van der Waals surface area contributed by atoms with Crippen molar-refractivity contribution in [3.63, 3.8) is 0 Å². The zero-order valence-electron chi connectivity index (χ0n) is 12.2. The van der Waals surface area contributed by atoms with Gasteiger partial charge in [0.15, 0.2) is 0 Å². The highest BCUT2D eigenvalue weighted by Gasteiger charge is 2.31. The van der Waals surface area contributed by atoms with Gasteiger partial charge < -0.3 is 11.1 Å². The number of amides is 1.